The maximum absolute atomic E-state index is 13.3. The highest BCUT2D eigenvalue weighted by molar-refractivity contribution is 6.12. The summed E-state index contributed by atoms with van der Waals surface area (Å²) < 4.78 is 25.1. The average molecular weight is 466 g/mol. The highest BCUT2D eigenvalue weighted by atomic mass is 16.8. The van der Waals surface area contributed by atoms with Crippen LogP contribution in [0.25, 0.3) is 21.5 Å². The summed E-state index contributed by atoms with van der Waals surface area (Å²) in [5, 5.41) is 27.3. The summed E-state index contributed by atoms with van der Waals surface area (Å²) in [6, 6.07) is 18.2. The first kappa shape index (κ1) is 23.2. The lowest BCUT2D eigenvalue weighted by Crippen LogP contribution is -2.45. The molecule has 0 aliphatic carbocycles. The Labute approximate surface area is 199 Å². The van der Waals surface area contributed by atoms with Gasteiger partial charge in [0.2, 0.25) is 0 Å². The summed E-state index contributed by atoms with van der Waals surface area (Å²) in [7, 11) is 0. The standard InChI is InChI=1S/C27H31NO6/c1-26(2)31-22(24(33-26)25-23(16-29)32-27(3,4)34-25)15-28(30)14-21-19-11-7-5-9-17(19)13-18-10-6-8-12-20(18)21/h5-14,22-25,29H,15-16H2,1-4H3/b28-14-/t22-,23-,24+,25-/m1/s1. The second-order valence-electron chi connectivity index (χ2n) is 9.92. The Hall–Kier alpha value is -2.55. The third-order valence-electron chi connectivity index (χ3n) is 6.39. The van der Waals surface area contributed by atoms with Crippen LogP contribution < -0.4 is 0 Å². The van der Waals surface area contributed by atoms with Crippen molar-refractivity contribution in [2.45, 2.75) is 63.7 Å². The fourth-order valence-electron chi connectivity index (χ4n) is 5.13. The normalized spacial score (nSPS) is 28.7. The number of hydrogen-bond donors (Lipinski definition) is 1. The van der Waals surface area contributed by atoms with E-state index >= 15 is 0 Å². The molecule has 0 amide bonds. The monoisotopic (exact) mass is 465 g/mol. The van der Waals surface area contributed by atoms with Gasteiger partial charge in [-0.25, -0.2) is 4.74 Å². The van der Waals surface area contributed by atoms with Gasteiger partial charge in [-0.05, 0) is 55.3 Å². The summed E-state index contributed by atoms with van der Waals surface area (Å²) in [6.45, 7) is 7.05. The number of nitrogens with zero attached hydrogens (tertiary/aromatic N) is 1. The summed E-state index contributed by atoms with van der Waals surface area (Å²) in [4.78, 5) is 0. The summed E-state index contributed by atoms with van der Waals surface area (Å²) in [5.74, 6) is -1.75. The van der Waals surface area contributed by atoms with Crippen LogP contribution in [-0.4, -0.2) is 65.2 Å². The molecule has 2 aliphatic rings. The van der Waals surface area contributed by atoms with Gasteiger partial charge in [0.15, 0.2) is 24.3 Å². The van der Waals surface area contributed by atoms with E-state index in [9.17, 15) is 10.3 Å². The van der Waals surface area contributed by atoms with E-state index in [4.69, 9.17) is 18.9 Å². The third-order valence-corrected chi connectivity index (χ3v) is 6.39. The second kappa shape index (κ2) is 8.59. The van der Waals surface area contributed by atoms with Crippen molar-refractivity contribution in [3.05, 3.63) is 65.4 Å². The average Bonchev–Trinajstić information content (AvgIpc) is 3.27. The van der Waals surface area contributed by atoms with Crippen molar-refractivity contribution in [2.24, 2.45) is 0 Å². The molecule has 0 spiro atoms. The molecule has 0 aromatic heterocycles. The maximum atomic E-state index is 13.3. The van der Waals surface area contributed by atoms with E-state index in [2.05, 4.69) is 18.2 Å². The zero-order valence-electron chi connectivity index (χ0n) is 19.9. The van der Waals surface area contributed by atoms with Gasteiger partial charge in [0.05, 0.1) is 12.2 Å². The predicted molar refractivity (Wildman–Crippen MR) is 130 cm³/mol. The molecule has 2 saturated heterocycles. The highest BCUT2D eigenvalue weighted by Gasteiger charge is 2.54. The number of aliphatic hydroxyl groups is 1. The molecule has 7 heteroatoms. The number of rotatable bonds is 5. The lowest BCUT2D eigenvalue weighted by molar-refractivity contribution is -0.465. The molecule has 3 aromatic rings. The molecule has 0 saturated carbocycles. The number of fused-ring (bicyclic) bond motifs is 2. The number of ether oxygens (including phenoxy) is 4. The van der Waals surface area contributed by atoms with Crippen LogP contribution in [0, 0.1) is 5.21 Å². The van der Waals surface area contributed by atoms with Crippen molar-refractivity contribution >= 4 is 27.8 Å². The predicted octanol–water partition coefficient (Wildman–Crippen LogP) is 3.95. The molecule has 5 rings (SSSR count). The lowest BCUT2D eigenvalue weighted by atomic mass is 9.97. The minimum Gasteiger partial charge on any atom is -0.624 e. The molecule has 7 nitrogen and oxygen atoms in total. The Morgan fingerprint density at radius 3 is 1.88 bits per heavy atom. The Morgan fingerprint density at radius 2 is 1.32 bits per heavy atom. The van der Waals surface area contributed by atoms with Crippen LogP contribution in [0.15, 0.2) is 54.6 Å². The molecular formula is C27H31NO6. The Kier molecular flexibility index (Phi) is 5.86. The third kappa shape index (κ3) is 4.42. The van der Waals surface area contributed by atoms with E-state index in [0.29, 0.717) is 0 Å². The van der Waals surface area contributed by atoms with Crippen molar-refractivity contribution < 1.29 is 28.8 Å². The molecule has 1 N–H and O–H groups in total. The van der Waals surface area contributed by atoms with Gasteiger partial charge < -0.3 is 29.3 Å². The number of aliphatic hydroxyl groups excluding tert-OH is 1. The molecule has 2 heterocycles. The first-order valence-corrected chi connectivity index (χ1v) is 11.7. The second-order valence-corrected chi connectivity index (χ2v) is 9.92. The smallest absolute Gasteiger partial charge is 0.183 e. The van der Waals surface area contributed by atoms with Crippen molar-refractivity contribution in [2.75, 3.05) is 13.2 Å². The summed E-state index contributed by atoms with van der Waals surface area (Å²) in [6.07, 6.45) is -0.621. The zero-order valence-corrected chi connectivity index (χ0v) is 19.9. The van der Waals surface area contributed by atoms with E-state index in [0.717, 1.165) is 31.8 Å². The van der Waals surface area contributed by atoms with Crippen LogP contribution in [0.2, 0.25) is 0 Å². The van der Waals surface area contributed by atoms with E-state index in [1.54, 1.807) is 20.1 Å². The van der Waals surface area contributed by atoms with Crippen molar-refractivity contribution in [1.82, 2.24) is 0 Å². The van der Waals surface area contributed by atoms with Crippen LogP contribution >= 0.6 is 0 Å². The van der Waals surface area contributed by atoms with Gasteiger partial charge in [-0.1, -0.05) is 48.5 Å². The molecule has 2 fully saturated rings. The lowest BCUT2D eigenvalue weighted by Gasteiger charge is -2.25. The highest BCUT2D eigenvalue weighted by Crippen LogP contribution is 2.38. The van der Waals surface area contributed by atoms with Crippen molar-refractivity contribution in [3.8, 4) is 0 Å². The molecule has 0 unspecified atom stereocenters. The number of hydrogen-bond acceptors (Lipinski definition) is 6. The number of benzene rings is 3. The van der Waals surface area contributed by atoms with E-state index < -0.39 is 36.0 Å². The van der Waals surface area contributed by atoms with E-state index in [-0.39, 0.29) is 13.2 Å². The fraction of sp³-hybridized carbons (Fsp3) is 0.444. The molecular weight excluding hydrogens is 434 g/mol. The SMILES string of the molecule is CC1(C)O[C@H]([C@@H]2OC(C)(C)O[C@@H]2CO)[C@@H](C/[N+]([O-])=C/c2c3ccccc3cc3ccccc23)O1. The van der Waals surface area contributed by atoms with Crippen molar-refractivity contribution in [3.63, 3.8) is 0 Å². The summed E-state index contributed by atoms with van der Waals surface area (Å²) >= 11 is 0. The van der Waals surface area contributed by atoms with Gasteiger partial charge in [0.25, 0.3) is 0 Å². The first-order chi connectivity index (χ1) is 16.2. The molecule has 4 atom stereocenters. The summed E-state index contributed by atoms with van der Waals surface area (Å²) in [5.41, 5.74) is 0.869. The first-order valence-electron chi connectivity index (χ1n) is 11.7. The minimum absolute atomic E-state index is 0.0457. The van der Waals surface area contributed by atoms with E-state index in [1.165, 1.54) is 0 Å². The van der Waals surface area contributed by atoms with Crippen LogP contribution in [0.5, 0.6) is 0 Å². The molecule has 180 valence electrons. The molecule has 3 aromatic carbocycles. The van der Waals surface area contributed by atoms with Gasteiger partial charge in [0.1, 0.15) is 24.4 Å². The quantitative estimate of drug-likeness (QED) is 0.202. The van der Waals surface area contributed by atoms with Crippen LogP contribution in [0.4, 0.5) is 0 Å². The fourth-order valence-corrected chi connectivity index (χ4v) is 5.13. The molecule has 2 aliphatic heterocycles. The Bertz CT molecular complexity index is 1180. The van der Waals surface area contributed by atoms with Gasteiger partial charge >= 0.3 is 0 Å². The van der Waals surface area contributed by atoms with Crippen LogP contribution in [0.1, 0.15) is 33.3 Å². The van der Waals surface area contributed by atoms with Crippen LogP contribution in [-0.2, 0) is 18.9 Å². The topological polar surface area (TPSA) is 83.2 Å². The minimum atomic E-state index is -0.890. The van der Waals surface area contributed by atoms with E-state index in [1.807, 2.05) is 50.2 Å². The Morgan fingerprint density at radius 1 is 0.824 bits per heavy atom. The maximum Gasteiger partial charge on any atom is 0.183 e. The van der Waals surface area contributed by atoms with Gasteiger partial charge in [-0.15, -0.1) is 0 Å². The Balaban J connectivity index is 1.49. The molecule has 0 bridgehead atoms. The van der Waals surface area contributed by atoms with Gasteiger partial charge in [0, 0.05) is 0 Å². The number of hydroxylamine groups is 1. The van der Waals surface area contributed by atoms with Gasteiger partial charge in [-0.3, -0.25) is 0 Å². The largest absolute Gasteiger partial charge is 0.624 e. The molecule has 34 heavy (non-hydrogen) atoms. The van der Waals surface area contributed by atoms with Gasteiger partial charge in [-0.2, -0.15) is 0 Å². The van der Waals surface area contributed by atoms with Crippen LogP contribution in [0.3, 0.4) is 0 Å². The van der Waals surface area contributed by atoms with Crippen molar-refractivity contribution in [1.29, 1.82) is 0 Å². The zero-order chi connectivity index (χ0) is 24.1. The molecule has 0 radical (unpaired) electrons.